The molecule has 3 heterocycles. The maximum atomic E-state index is 9.71. The number of anilines is 1. The number of nitrogens with zero attached hydrogens (tertiary/aromatic N) is 4. The summed E-state index contributed by atoms with van der Waals surface area (Å²) in [5, 5.41) is 10.8. The van der Waals surface area contributed by atoms with Crippen molar-refractivity contribution in [3.63, 3.8) is 0 Å². The highest BCUT2D eigenvalue weighted by Gasteiger charge is 2.24. The molecule has 0 bridgehead atoms. The molecule has 4 heteroatoms. The second-order valence-corrected chi connectivity index (χ2v) is 9.01. The number of aryl methyl sites for hydroxylation is 3. The van der Waals surface area contributed by atoms with E-state index in [2.05, 4.69) is 85.7 Å². The number of hydrogen-bond acceptors (Lipinski definition) is 3. The maximum Gasteiger partial charge on any atom is 0.155 e. The minimum absolute atomic E-state index is 0.485. The van der Waals surface area contributed by atoms with Gasteiger partial charge in [-0.15, -0.1) is 0 Å². The average molecular weight is 421 g/mol. The average Bonchev–Trinajstić information content (AvgIpc) is 3.05. The number of benzene rings is 2. The lowest BCUT2D eigenvalue weighted by Crippen LogP contribution is -2.31. The van der Waals surface area contributed by atoms with E-state index in [1.165, 1.54) is 39.1 Å². The Bertz CT molecular complexity index is 1390. The highest BCUT2D eigenvalue weighted by molar-refractivity contribution is 5.94. The van der Waals surface area contributed by atoms with Crippen LogP contribution in [0, 0.1) is 39.0 Å². The lowest BCUT2D eigenvalue weighted by atomic mass is 10.00. The van der Waals surface area contributed by atoms with Crippen LogP contribution in [0.3, 0.4) is 0 Å². The van der Waals surface area contributed by atoms with E-state index in [9.17, 15) is 5.26 Å². The predicted molar refractivity (Wildman–Crippen MR) is 130 cm³/mol. The van der Waals surface area contributed by atoms with Crippen molar-refractivity contribution in [1.29, 1.82) is 5.26 Å². The molecule has 0 N–H and O–H groups in total. The van der Waals surface area contributed by atoms with Gasteiger partial charge in [0.2, 0.25) is 0 Å². The van der Waals surface area contributed by atoms with Gasteiger partial charge in [0.15, 0.2) is 5.82 Å². The van der Waals surface area contributed by atoms with Crippen LogP contribution in [0.2, 0.25) is 0 Å². The van der Waals surface area contributed by atoms with Crippen LogP contribution in [0.5, 0.6) is 0 Å². The first kappa shape index (κ1) is 20.3. The van der Waals surface area contributed by atoms with Crippen LogP contribution in [0.1, 0.15) is 44.8 Å². The van der Waals surface area contributed by atoms with Crippen LogP contribution in [0.15, 0.2) is 48.5 Å². The summed E-state index contributed by atoms with van der Waals surface area (Å²) in [6, 6.07) is 19.5. The summed E-state index contributed by atoms with van der Waals surface area (Å²) in [5.74, 6) is 0.926. The standard InChI is InChI=1S/C28H28N4/c1-18-9-10-19(2)24(13-18)17-32-21(4)20(3)26-14-25(15-29)30-28(27(26)32)31-12-11-22-7-5-6-8-23(22)16-31/h5-10,13-14H,11-12,16-17H2,1-4H3. The molecular formula is C28H28N4. The van der Waals surface area contributed by atoms with Gasteiger partial charge >= 0.3 is 0 Å². The zero-order valence-electron chi connectivity index (χ0n) is 19.2. The Labute approximate surface area is 189 Å². The Kier molecular flexibility index (Phi) is 4.98. The predicted octanol–water partition coefficient (Wildman–Crippen LogP) is 5.75. The molecule has 32 heavy (non-hydrogen) atoms. The van der Waals surface area contributed by atoms with Crippen molar-refractivity contribution >= 4 is 16.7 Å². The molecule has 0 radical (unpaired) electrons. The minimum atomic E-state index is 0.485. The highest BCUT2D eigenvalue weighted by atomic mass is 15.2. The number of hydrogen-bond donors (Lipinski definition) is 0. The normalized spacial score (nSPS) is 13.3. The Morgan fingerprint density at radius 2 is 1.78 bits per heavy atom. The molecule has 4 aromatic rings. The van der Waals surface area contributed by atoms with Gasteiger partial charge in [-0.05, 0) is 68.0 Å². The fourth-order valence-electron chi connectivity index (χ4n) is 4.93. The topological polar surface area (TPSA) is 44.9 Å². The molecule has 0 amide bonds. The Balaban J connectivity index is 1.70. The number of pyridine rings is 1. The molecule has 1 aliphatic heterocycles. The van der Waals surface area contributed by atoms with Crippen molar-refractivity contribution in [1.82, 2.24) is 9.55 Å². The number of rotatable bonds is 3. The van der Waals surface area contributed by atoms with E-state index >= 15 is 0 Å². The van der Waals surface area contributed by atoms with Crippen LogP contribution < -0.4 is 4.90 Å². The molecule has 0 saturated heterocycles. The summed E-state index contributed by atoms with van der Waals surface area (Å²) in [4.78, 5) is 7.21. The molecule has 0 saturated carbocycles. The van der Waals surface area contributed by atoms with Crippen molar-refractivity contribution in [3.05, 3.63) is 93.3 Å². The van der Waals surface area contributed by atoms with E-state index < -0.39 is 0 Å². The van der Waals surface area contributed by atoms with Crippen molar-refractivity contribution in [2.45, 2.75) is 47.2 Å². The number of aromatic nitrogens is 2. The Hall–Kier alpha value is -3.58. The molecule has 2 aromatic carbocycles. The van der Waals surface area contributed by atoms with Crippen molar-refractivity contribution < 1.29 is 0 Å². The molecule has 0 fully saturated rings. The quantitative estimate of drug-likeness (QED) is 0.424. The Morgan fingerprint density at radius 1 is 1.00 bits per heavy atom. The van der Waals surface area contributed by atoms with Gasteiger partial charge in [-0.3, -0.25) is 0 Å². The highest BCUT2D eigenvalue weighted by Crippen LogP contribution is 2.35. The Morgan fingerprint density at radius 3 is 2.56 bits per heavy atom. The fourth-order valence-corrected chi connectivity index (χ4v) is 4.93. The van der Waals surface area contributed by atoms with Crippen LogP contribution in [0.25, 0.3) is 10.9 Å². The molecule has 4 nitrogen and oxygen atoms in total. The minimum Gasteiger partial charge on any atom is -0.350 e. The first-order valence-corrected chi connectivity index (χ1v) is 11.2. The lowest BCUT2D eigenvalue weighted by molar-refractivity contribution is 0.716. The molecule has 0 aliphatic carbocycles. The molecule has 0 spiro atoms. The third-order valence-electron chi connectivity index (χ3n) is 6.97. The van der Waals surface area contributed by atoms with Gasteiger partial charge in [-0.25, -0.2) is 4.98 Å². The van der Waals surface area contributed by atoms with Crippen molar-refractivity contribution in [3.8, 4) is 6.07 Å². The molecule has 160 valence electrons. The summed E-state index contributed by atoms with van der Waals surface area (Å²) < 4.78 is 2.40. The van der Waals surface area contributed by atoms with Crippen LogP contribution in [-0.4, -0.2) is 16.1 Å². The number of nitriles is 1. The fraction of sp³-hybridized carbons (Fsp3) is 0.286. The van der Waals surface area contributed by atoms with Gasteiger partial charge in [0, 0.05) is 30.7 Å². The van der Waals surface area contributed by atoms with Crippen LogP contribution in [0.4, 0.5) is 5.82 Å². The molecule has 0 unspecified atom stereocenters. The third-order valence-corrected chi connectivity index (χ3v) is 6.97. The summed E-state index contributed by atoms with van der Waals surface area (Å²) in [6.07, 6.45) is 0.992. The van der Waals surface area contributed by atoms with E-state index in [4.69, 9.17) is 4.98 Å². The summed E-state index contributed by atoms with van der Waals surface area (Å²) in [5.41, 5.74) is 10.7. The van der Waals surface area contributed by atoms with E-state index in [1.54, 1.807) is 0 Å². The molecule has 1 aliphatic rings. The SMILES string of the molecule is Cc1ccc(C)c(Cn2c(C)c(C)c3cc(C#N)nc(N4CCc5ccccc5C4)c32)c1. The summed E-state index contributed by atoms with van der Waals surface area (Å²) in [7, 11) is 0. The van der Waals surface area contributed by atoms with Crippen molar-refractivity contribution in [2.24, 2.45) is 0 Å². The van der Waals surface area contributed by atoms with E-state index in [0.29, 0.717) is 5.69 Å². The molecular weight excluding hydrogens is 392 g/mol. The van der Waals surface area contributed by atoms with Crippen LogP contribution in [-0.2, 0) is 19.5 Å². The van der Waals surface area contributed by atoms with E-state index in [-0.39, 0.29) is 0 Å². The molecule has 5 rings (SSSR count). The zero-order valence-corrected chi connectivity index (χ0v) is 19.2. The summed E-state index contributed by atoms with van der Waals surface area (Å²) >= 11 is 0. The van der Waals surface area contributed by atoms with Gasteiger partial charge in [-0.1, -0.05) is 48.0 Å². The first-order valence-electron chi connectivity index (χ1n) is 11.2. The zero-order chi connectivity index (χ0) is 22.4. The maximum absolute atomic E-state index is 9.71. The second-order valence-electron chi connectivity index (χ2n) is 9.01. The second kappa shape index (κ2) is 7.84. The molecule has 2 aromatic heterocycles. The summed E-state index contributed by atoms with van der Waals surface area (Å²) in [6.45, 7) is 11.2. The van der Waals surface area contributed by atoms with Gasteiger partial charge < -0.3 is 9.47 Å². The van der Waals surface area contributed by atoms with Gasteiger partial charge in [0.05, 0.1) is 5.52 Å². The van der Waals surface area contributed by atoms with Crippen LogP contribution >= 0.6 is 0 Å². The van der Waals surface area contributed by atoms with Gasteiger partial charge in [0.25, 0.3) is 0 Å². The van der Waals surface area contributed by atoms with E-state index in [0.717, 1.165) is 42.8 Å². The molecule has 0 atom stereocenters. The lowest BCUT2D eigenvalue weighted by Gasteiger charge is -2.31. The van der Waals surface area contributed by atoms with Crippen molar-refractivity contribution in [2.75, 3.05) is 11.4 Å². The van der Waals surface area contributed by atoms with Gasteiger partial charge in [-0.2, -0.15) is 5.26 Å². The van der Waals surface area contributed by atoms with E-state index in [1.807, 2.05) is 6.07 Å². The third kappa shape index (κ3) is 3.35. The first-order chi connectivity index (χ1) is 15.5. The van der Waals surface area contributed by atoms with Gasteiger partial charge in [0.1, 0.15) is 11.8 Å². The largest absolute Gasteiger partial charge is 0.350 e. The smallest absolute Gasteiger partial charge is 0.155 e. The monoisotopic (exact) mass is 420 g/mol. The number of fused-ring (bicyclic) bond motifs is 2.